The molecule has 2 aliphatic carbocycles. The minimum Gasteiger partial charge on any atom is -0.326 e. The van der Waals surface area contributed by atoms with Crippen molar-refractivity contribution in [2.45, 2.75) is 24.2 Å². The summed E-state index contributed by atoms with van der Waals surface area (Å²) in [7, 11) is -1.35. The van der Waals surface area contributed by atoms with Gasteiger partial charge in [-0.15, -0.1) is 0 Å². The van der Waals surface area contributed by atoms with E-state index in [1.807, 2.05) is 0 Å². The van der Waals surface area contributed by atoms with Gasteiger partial charge in [0.1, 0.15) is 5.82 Å². The zero-order valence-electron chi connectivity index (χ0n) is 10.7. The topological polar surface area (TPSA) is 46.2 Å². The lowest BCUT2D eigenvalue weighted by molar-refractivity contribution is -0.117. The Hall–Kier alpha value is -1.23. The molecule has 1 amide bonds. The summed E-state index contributed by atoms with van der Waals surface area (Å²) in [4.78, 5) is 12.1. The molecule has 1 N–H and O–H groups in total. The number of hydrogen-bond acceptors (Lipinski definition) is 2. The first-order valence-electron chi connectivity index (χ1n) is 6.50. The van der Waals surface area contributed by atoms with E-state index in [9.17, 15) is 13.4 Å². The predicted octanol–water partition coefficient (Wildman–Crippen LogP) is 2.55. The standard InChI is InChI=1S/C14H16FNO2S/c1-19(18)13-5-4-9(6-12(13)15)16-14(17)11-7-10(11)8-2-3-8/h4-6,8,10-11H,2-3,7H2,1H3,(H,16,17)/t10-,11+,19-/m1/s1. The highest BCUT2D eigenvalue weighted by Crippen LogP contribution is 2.54. The maximum atomic E-state index is 13.6. The number of carbonyl (C=O) groups is 1. The molecule has 0 saturated heterocycles. The average molecular weight is 281 g/mol. The van der Waals surface area contributed by atoms with Crippen LogP contribution in [0.2, 0.25) is 0 Å². The smallest absolute Gasteiger partial charge is 0.227 e. The summed E-state index contributed by atoms with van der Waals surface area (Å²) in [5.74, 6) is 0.857. The van der Waals surface area contributed by atoms with Gasteiger partial charge in [-0.2, -0.15) is 0 Å². The van der Waals surface area contributed by atoms with Gasteiger partial charge in [-0.25, -0.2) is 4.39 Å². The van der Waals surface area contributed by atoms with Crippen LogP contribution >= 0.6 is 0 Å². The molecule has 5 heteroatoms. The molecule has 0 aliphatic heterocycles. The van der Waals surface area contributed by atoms with Crippen LogP contribution < -0.4 is 5.32 Å². The number of hydrogen-bond donors (Lipinski definition) is 1. The van der Waals surface area contributed by atoms with Gasteiger partial charge < -0.3 is 5.32 Å². The molecule has 1 aromatic rings. The van der Waals surface area contributed by atoms with Crippen molar-refractivity contribution in [2.75, 3.05) is 11.6 Å². The number of amides is 1. The number of benzene rings is 1. The fourth-order valence-corrected chi connectivity index (χ4v) is 3.20. The van der Waals surface area contributed by atoms with Gasteiger partial charge in [0, 0.05) is 17.9 Å². The molecular weight excluding hydrogens is 265 g/mol. The van der Waals surface area contributed by atoms with Crippen molar-refractivity contribution in [3.8, 4) is 0 Å². The van der Waals surface area contributed by atoms with Crippen LogP contribution in [-0.4, -0.2) is 16.4 Å². The van der Waals surface area contributed by atoms with Crippen molar-refractivity contribution in [2.24, 2.45) is 17.8 Å². The third-order valence-electron chi connectivity index (χ3n) is 3.91. The molecular formula is C14H16FNO2S. The van der Waals surface area contributed by atoms with Crippen molar-refractivity contribution in [1.82, 2.24) is 0 Å². The Kier molecular flexibility index (Phi) is 3.17. The predicted molar refractivity (Wildman–Crippen MR) is 71.7 cm³/mol. The van der Waals surface area contributed by atoms with Crippen molar-refractivity contribution >= 4 is 22.4 Å². The highest BCUT2D eigenvalue weighted by Gasteiger charge is 2.51. The Morgan fingerprint density at radius 2 is 2.16 bits per heavy atom. The molecule has 2 saturated carbocycles. The highest BCUT2D eigenvalue weighted by atomic mass is 32.2. The van der Waals surface area contributed by atoms with E-state index in [1.165, 1.54) is 31.2 Å². The molecule has 19 heavy (non-hydrogen) atoms. The highest BCUT2D eigenvalue weighted by molar-refractivity contribution is 7.84. The summed E-state index contributed by atoms with van der Waals surface area (Å²) in [5.41, 5.74) is 0.443. The van der Waals surface area contributed by atoms with E-state index in [2.05, 4.69) is 5.32 Å². The number of anilines is 1. The minimum atomic E-state index is -1.35. The summed E-state index contributed by atoms with van der Waals surface area (Å²) < 4.78 is 24.9. The van der Waals surface area contributed by atoms with Crippen LogP contribution in [0.15, 0.2) is 23.1 Å². The average Bonchev–Trinajstić information content (AvgIpc) is 3.20. The summed E-state index contributed by atoms with van der Waals surface area (Å²) >= 11 is 0. The zero-order valence-corrected chi connectivity index (χ0v) is 11.5. The Morgan fingerprint density at radius 1 is 1.42 bits per heavy atom. The van der Waals surface area contributed by atoms with Crippen LogP contribution in [0.5, 0.6) is 0 Å². The first kappa shape index (κ1) is 12.8. The maximum Gasteiger partial charge on any atom is 0.227 e. The van der Waals surface area contributed by atoms with Gasteiger partial charge in [-0.1, -0.05) is 0 Å². The van der Waals surface area contributed by atoms with Gasteiger partial charge in [-0.3, -0.25) is 9.00 Å². The molecule has 3 atom stereocenters. The van der Waals surface area contributed by atoms with Crippen molar-refractivity contribution < 1.29 is 13.4 Å². The molecule has 0 heterocycles. The van der Waals surface area contributed by atoms with Crippen LogP contribution in [0.3, 0.4) is 0 Å². The van der Waals surface area contributed by atoms with Crippen LogP contribution in [0.4, 0.5) is 10.1 Å². The van der Waals surface area contributed by atoms with E-state index in [0.717, 1.165) is 12.3 Å². The first-order chi connectivity index (χ1) is 9.06. The molecule has 2 aliphatic rings. The van der Waals surface area contributed by atoms with E-state index >= 15 is 0 Å². The van der Waals surface area contributed by atoms with Crippen molar-refractivity contribution in [1.29, 1.82) is 0 Å². The van der Waals surface area contributed by atoms with E-state index in [4.69, 9.17) is 0 Å². The Bertz CT molecular complexity index is 556. The van der Waals surface area contributed by atoms with Gasteiger partial charge in [0.2, 0.25) is 5.91 Å². The normalized spacial score (nSPS) is 26.8. The van der Waals surface area contributed by atoms with Gasteiger partial charge in [0.25, 0.3) is 0 Å². The SMILES string of the molecule is C[S@@](=O)c1ccc(NC(=O)[C@H]2C[C@@H]2C2CC2)cc1F. The van der Waals surface area contributed by atoms with E-state index in [0.29, 0.717) is 11.6 Å². The molecule has 0 spiro atoms. The first-order valence-corrected chi connectivity index (χ1v) is 8.06. The Morgan fingerprint density at radius 3 is 2.74 bits per heavy atom. The Balaban J connectivity index is 1.65. The second-order valence-corrected chi connectivity index (χ2v) is 6.78. The second kappa shape index (κ2) is 4.71. The largest absolute Gasteiger partial charge is 0.326 e. The third-order valence-corrected chi connectivity index (χ3v) is 4.86. The van der Waals surface area contributed by atoms with Gasteiger partial charge in [0.05, 0.1) is 15.7 Å². The van der Waals surface area contributed by atoms with Gasteiger partial charge in [0.15, 0.2) is 0 Å². The lowest BCUT2D eigenvalue weighted by Gasteiger charge is -2.06. The molecule has 3 rings (SSSR count). The molecule has 1 aromatic carbocycles. The lowest BCUT2D eigenvalue weighted by Crippen LogP contribution is -2.15. The molecule has 0 unspecified atom stereocenters. The molecule has 0 radical (unpaired) electrons. The number of halogens is 1. The van der Waals surface area contributed by atoms with Crippen LogP contribution in [0, 0.1) is 23.6 Å². The van der Waals surface area contributed by atoms with Crippen LogP contribution in [0.1, 0.15) is 19.3 Å². The molecule has 3 nitrogen and oxygen atoms in total. The zero-order chi connectivity index (χ0) is 13.6. The molecule has 0 bridgehead atoms. The summed E-state index contributed by atoms with van der Waals surface area (Å²) in [6, 6.07) is 4.31. The molecule has 102 valence electrons. The number of carbonyl (C=O) groups excluding carboxylic acids is 1. The fraction of sp³-hybridized carbons (Fsp3) is 0.500. The molecule has 0 aromatic heterocycles. The molecule has 2 fully saturated rings. The van der Waals surface area contributed by atoms with E-state index < -0.39 is 16.6 Å². The van der Waals surface area contributed by atoms with E-state index in [-0.39, 0.29) is 16.7 Å². The second-order valence-electron chi connectivity index (χ2n) is 5.43. The number of rotatable bonds is 4. The maximum absolute atomic E-state index is 13.6. The quantitative estimate of drug-likeness (QED) is 0.922. The monoisotopic (exact) mass is 281 g/mol. The van der Waals surface area contributed by atoms with Crippen molar-refractivity contribution in [3.63, 3.8) is 0 Å². The Labute approximate surface area is 114 Å². The fourth-order valence-electron chi connectivity index (χ4n) is 2.61. The van der Waals surface area contributed by atoms with Crippen LogP contribution in [-0.2, 0) is 15.6 Å². The van der Waals surface area contributed by atoms with Gasteiger partial charge in [-0.05, 0) is 49.3 Å². The van der Waals surface area contributed by atoms with E-state index in [1.54, 1.807) is 6.07 Å². The summed E-state index contributed by atoms with van der Waals surface area (Å²) in [6.07, 6.45) is 4.90. The van der Waals surface area contributed by atoms with Crippen molar-refractivity contribution in [3.05, 3.63) is 24.0 Å². The van der Waals surface area contributed by atoms with Crippen LogP contribution in [0.25, 0.3) is 0 Å². The van der Waals surface area contributed by atoms with Gasteiger partial charge >= 0.3 is 0 Å². The summed E-state index contributed by atoms with van der Waals surface area (Å²) in [5, 5.41) is 2.75. The third kappa shape index (κ3) is 2.71. The number of nitrogens with one attached hydrogen (secondary N) is 1. The summed E-state index contributed by atoms with van der Waals surface area (Å²) in [6.45, 7) is 0. The lowest BCUT2D eigenvalue weighted by atomic mass is 10.2. The minimum absolute atomic E-state index is 0.0123.